The summed E-state index contributed by atoms with van der Waals surface area (Å²) in [6.45, 7) is 4.96. The van der Waals surface area contributed by atoms with Crippen molar-refractivity contribution in [3.8, 4) is 0 Å². The lowest BCUT2D eigenvalue weighted by Crippen LogP contribution is -2.54. The third-order valence-corrected chi connectivity index (χ3v) is 3.58. The Hall–Kier alpha value is -1.39. The molecular weight excluding hydrogens is 226 g/mol. The third kappa shape index (κ3) is 2.13. The Bertz CT molecular complexity index is 468. The molecular formula is C14H21N3O. The fourth-order valence-corrected chi connectivity index (χ4v) is 2.43. The van der Waals surface area contributed by atoms with E-state index in [0.29, 0.717) is 19.5 Å². The number of aryl methyl sites for hydroxylation is 1. The Morgan fingerprint density at radius 3 is 2.61 bits per heavy atom. The van der Waals surface area contributed by atoms with Crippen LogP contribution in [-0.2, 0) is 17.8 Å². The minimum Gasteiger partial charge on any atom is -0.328 e. The van der Waals surface area contributed by atoms with Crippen LogP contribution >= 0.6 is 0 Å². The first-order chi connectivity index (χ1) is 8.49. The zero-order valence-electron chi connectivity index (χ0n) is 11.1. The van der Waals surface area contributed by atoms with Crippen molar-refractivity contribution < 1.29 is 4.79 Å². The molecule has 98 valence electrons. The van der Waals surface area contributed by atoms with E-state index in [0.717, 1.165) is 17.7 Å². The molecule has 4 nitrogen and oxygen atoms in total. The summed E-state index contributed by atoms with van der Waals surface area (Å²) in [5.41, 5.74) is 14.4. The first-order valence-corrected chi connectivity index (χ1v) is 6.34. The van der Waals surface area contributed by atoms with Gasteiger partial charge in [0.15, 0.2) is 0 Å². The molecule has 18 heavy (non-hydrogen) atoms. The summed E-state index contributed by atoms with van der Waals surface area (Å²) in [4.78, 5) is 14.0. The first-order valence-electron chi connectivity index (χ1n) is 6.34. The molecule has 0 aromatic heterocycles. The quantitative estimate of drug-likeness (QED) is 0.842. The van der Waals surface area contributed by atoms with Gasteiger partial charge in [0.05, 0.1) is 5.54 Å². The molecule has 0 spiro atoms. The minimum atomic E-state index is -0.351. The van der Waals surface area contributed by atoms with Gasteiger partial charge in [0.1, 0.15) is 0 Å². The lowest BCUT2D eigenvalue weighted by molar-refractivity contribution is -0.119. The predicted molar refractivity (Wildman–Crippen MR) is 73.3 cm³/mol. The van der Waals surface area contributed by atoms with E-state index in [2.05, 4.69) is 6.07 Å². The summed E-state index contributed by atoms with van der Waals surface area (Å²) in [5.74, 6) is 0.151. The number of carbonyl (C=O) groups excluding carboxylic acids is 1. The van der Waals surface area contributed by atoms with Crippen LogP contribution in [0.4, 0.5) is 5.69 Å². The van der Waals surface area contributed by atoms with Crippen LogP contribution in [0.3, 0.4) is 0 Å². The molecule has 1 aromatic carbocycles. The number of rotatable bonds is 3. The second-order valence-corrected chi connectivity index (χ2v) is 5.41. The summed E-state index contributed by atoms with van der Waals surface area (Å²) < 4.78 is 0. The van der Waals surface area contributed by atoms with Crippen molar-refractivity contribution in [3.05, 3.63) is 29.3 Å². The molecule has 0 unspecified atom stereocenters. The monoisotopic (exact) mass is 247 g/mol. The van der Waals surface area contributed by atoms with Crippen LogP contribution in [0.25, 0.3) is 0 Å². The molecule has 2 rings (SSSR count). The number of hydrogen-bond donors (Lipinski definition) is 2. The summed E-state index contributed by atoms with van der Waals surface area (Å²) in [6, 6.07) is 6.07. The Morgan fingerprint density at radius 1 is 1.28 bits per heavy atom. The number of nitrogens with zero attached hydrogens (tertiary/aromatic N) is 1. The topological polar surface area (TPSA) is 72.3 Å². The normalized spacial score (nSPS) is 15.8. The van der Waals surface area contributed by atoms with Gasteiger partial charge in [-0.1, -0.05) is 12.1 Å². The van der Waals surface area contributed by atoms with Crippen molar-refractivity contribution >= 4 is 11.6 Å². The van der Waals surface area contributed by atoms with Gasteiger partial charge in [-0.05, 0) is 37.5 Å². The third-order valence-electron chi connectivity index (χ3n) is 3.58. The summed E-state index contributed by atoms with van der Waals surface area (Å²) in [6.07, 6.45) is 1.34. The number of hydrogen-bond acceptors (Lipinski definition) is 3. The van der Waals surface area contributed by atoms with Gasteiger partial charge in [-0.2, -0.15) is 0 Å². The van der Waals surface area contributed by atoms with E-state index in [4.69, 9.17) is 11.5 Å². The van der Waals surface area contributed by atoms with E-state index in [1.54, 1.807) is 0 Å². The Kier molecular flexibility index (Phi) is 3.41. The molecule has 1 amide bonds. The highest BCUT2D eigenvalue weighted by molar-refractivity contribution is 5.97. The molecule has 0 bridgehead atoms. The second-order valence-electron chi connectivity index (χ2n) is 5.41. The van der Waals surface area contributed by atoms with Crippen LogP contribution in [0.1, 0.15) is 31.4 Å². The van der Waals surface area contributed by atoms with Gasteiger partial charge in [-0.25, -0.2) is 0 Å². The standard InChI is InChI=1S/C14H21N3O/c1-14(2,9-16)17-12-5-3-10(8-15)7-11(12)4-6-13(17)18/h3,5,7H,4,6,8-9,15-16H2,1-2H3. The highest BCUT2D eigenvalue weighted by Crippen LogP contribution is 2.33. The van der Waals surface area contributed by atoms with E-state index in [1.807, 2.05) is 30.9 Å². The van der Waals surface area contributed by atoms with Crippen LogP contribution in [0.5, 0.6) is 0 Å². The van der Waals surface area contributed by atoms with Gasteiger partial charge in [0.25, 0.3) is 0 Å². The van der Waals surface area contributed by atoms with Crippen molar-refractivity contribution in [2.24, 2.45) is 11.5 Å². The SMILES string of the molecule is CC(C)(CN)N1C(=O)CCc2cc(CN)ccc21. The van der Waals surface area contributed by atoms with Gasteiger partial charge in [0.2, 0.25) is 5.91 Å². The molecule has 1 aromatic rings. The van der Waals surface area contributed by atoms with E-state index < -0.39 is 0 Å². The number of carbonyl (C=O) groups is 1. The van der Waals surface area contributed by atoms with Crippen LogP contribution in [0.15, 0.2) is 18.2 Å². The lowest BCUT2D eigenvalue weighted by atomic mass is 9.93. The van der Waals surface area contributed by atoms with Crippen molar-refractivity contribution in [2.45, 2.75) is 38.8 Å². The van der Waals surface area contributed by atoms with Crippen molar-refractivity contribution in [3.63, 3.8) is 0 Å². The molecule has 1 aliphatic rings. The van der Waals surface area contributed by atoms with Crippen molar-refractivity contribution in [1.82, 2.24) is 0 Å². The number of fused-ring (bicyclic) bond motifs is 1. The van der Waals surface area contributed by atoms with E-state index >= 15 is 0 Å². The van der Waals surface area contributed by atoms with E-state index in [9.17, 15) is 4.79 Å². The van der Waals surface area contributed by atoms with Gasteiger partial charge < -0.3 is 16.4 Å². The molecule has 1 heterocycles. The molecule has 4 heteroatoms. The van der Waals surface area contributed by atoms with Gasteiger partial charge in [-0.3, -0.25) is 4.79 Å². The summed E-state index contributed by atoms with van der Waals surface area (Å²) in [5, 5.41) is 0. The molecule has 0 saturated heterocycles. The molecule has 0 fully saturated rings. The van der Waals surface area contributed by atoms with Crippen LogP contribution < -0.4 is 16.4 Å². The smallest absolute Gasteiger partial charge is 0.227 e. The molecule has 0 atom stereocenters. The van der Waals surface area contributed by atoms with E-state index in [-0.39, 0.29) is 11.4 Å². The van der Waals surface area contributed by atoms with Gasteiger partial charge in [0, 0.05) is 25.2 Å². The lowest BCUT2D eigenvalue weighted by Gasteiger charge is -2.41. The average molecular weight is 247 g/mol. The zero-order valence-corrected chi connectivity index (χ0v) is 11.1. The Morgan fingerprint density at radius 2 is 2.00 bits per heavy atom. The summed E-state index contributed by atoms with van der Waals surface area (Å²) >= 11 is 0. The maximum atomic E-state index is 12.2. The zero-order chi connectivity index (χ0) is 13.3. The molecule has 1 aliphatic heterocycles. The number of benzene rings is 1. The van der Waals surface area contributed by atoms with Crippen LogP contribution in [-0.4, -0.2) is 18.0 Å². The summed E-state index contributed by atoms with van der Waals surface area (Å²) in [7, 11) is 0. The second kappa shape index (κ2) is 4.71. The fraction of sp³-hybridized carbons (Fsp3) is 0.500. The predicted octanol–water partition coefficient (Wildman–Crippen LogP) is 1.16. The molecule has 0 saturated carbocycles. The fourth-order valence-electron chi connectivity index (χ4n) is 2.43. The van der Waals surface area contributed by atoms with Crippen LogP contribution in [0, 0.1) is 0 Å². The largest absolute Gasteiger partial charge is 0.328 e. The molecule has 0 radical (unpaired) electrons. The minimum absolute atomic E-state index is 0.151. The number of anilines is 1. The number of amides is 1. The Labute approximate surface area is 108 Å². The molecule has 0 aliphatic carbocycles. The van der Waals surface area contributed by atoms with Gasteiger partial charge >= 0.3 is 0 Å². The highest BCUT2D eigenvalue weighted by Gasteiger charge is 2.34. The molecule has 4 N–H and O–H groups in total. The van der Waals surface area contributed by atoms with Crippen LogP contribution in [0.2, 0.25) is 0 Å². The van der Waals surface area contributed by atoms with E-state index in [1.165, 1.54) is 5.56 Å². The Balaban J connectivity index is 2.48. The maximum absolute atomic E-state index is 12.2. The number of nitrogens with two attached hydrogens (primary N) is 2. The van der Waals surface area contributed by atoms with Gasteiger partial charge in [-0.15, -0.1) is 0 Å². The van der Waals surface area contributed by atoms with Crippen molar-refractivity contribution in [2.75, 3.05) is 11.4 Å². The van der Waals surface area contributed by atoms with Crippen molar-refractivity contribution in [1.29, 1.82) is 0 Å². The maximum Gasteiger partial charge on any atom is 0.227 e. The average Bonchev–Trinajstić information content (AvgIpc) is 2.37. The first kappa shape index (κ1) is 13.1. The highest BCUT2D eigenvalue weighted by atomic mass is 16.2.